The van der Waals surface area contributed by atoms with Crippen LogP contribution in [-0.2, 0) is 4.79 Å². The minimum Gasteiger partial charge on any atom is -0.369 e. The number of likely N-dealkylation sites (N-methyl/N-ethyl adjacent to an activating group) is 1. The van der Waals surface area contributed by atoms with Gasteiger partial charge in [-0.2, -0.15) is 0 Å². The van der Waals surface area contributed by atoms with Crippen LogP contribution in [0.4, 0.5) is 0 Å². The Morgan fingerprint density at radius 3 is 2.64 bits per heavy atom. The Bertz CT molecular complexity index is 426. The summed E-state index contributed by atoms with van der Waals surface area (Å²) in [6.45, 7) is 5.90. The summed E-state index contributed by atoms with van der Waals surface area (Å²) in [6.07, 6.45) is 7.04. The summed E-state index contributed by atoms with van der Waals surface area (Å²) in [4.78, 5) is 16.2. The lowest BCUT2D eigenvalue weighted by Crippen LogP contribution is -2.43. The molecule has 124 valence electrons. The Kier molecular flexibility index (Phi) is 8.84. The second-order valence-corrected chi connectivity index (χ2v) is 5.52. The summed E-state index contributed by atoms with van der Waals surface area (Å²) >= 11 is 5.60. The topological polar surface area (TPSA) is 73.6 Å². The maximum absolute atomic E-state index is 11.6. The number of allylic oxidation sites excluding steroid dienone is 3. The molecule has 0 aromatic rings. The third kappa shape index (κ3) is 7.61. The van der Waals surface area contributed by atoms with E-state index in [9.17, 15) is 4.79 Å². The third-order valence-electron chi connectivity index (χ3n) is 3.29. The van der Waals surface area contributed by atoms with Crippen LogP contribution in [0.15, 0.2) is 35.7 Å². The number of piperazine rings is 1. The molecule has 0 aliphatic carbocycles. The Hall–Kier alpha value is -1.34. The molecule has 0 radical (unpaired) electrons. The fourth-order valence-corrected chi connectivity index (χ4v) is 2.06. The highest BCUT2D eigenvalue weighted by Crippen LogP contribution is 2.10. The van der Waals surface area contributed by atoms with Crippen molar-refractivity contribution >= 4 is 17.5 Å². The molecule has 22 heavy (non-hydrogen) atoms. The van der Waals surface area contributed by atoms with E-state index in [0.29, 0.717) is 0 Å². The molecule has 1 amide bonds. The molecular weight excluding hydrogens is 302 g/mol. The number of amides is 1. The van der Waals surface area contributed by atoms with Crippen LogP contribution in [0.2, 0.25) is 0 Å². The Morgan fingerprint density at radius 2 is 2.05 bits per heavy atom. The highest BCUT2D eigenvalue weighted by molar-refractivity contribution is 6.25. The first-order chi connectivity index (χ1) is 10.5. The van der Waals surface area contributed by atoms with E-state index >= 15 is 0 Å². The number of carbonyl (C=O) groups excluding carboxylic acids is 1. The molecule has 6 nitrogen and oxygen atoms in total. The molecule has 7 heteroatoms. The number of rotatable bonds is 7. The summed E-state index contributed by atoms with van der Waals surface area (Å²) in [5.41, 5.74) is 8.02. The third-order valence-corrected chi connectivity index (χ3v) is 3.44. The summed E-state index contributed by atoms with van der Waals surface area (Å²) in [5.74, 6) is -0.126. The van der Waals surface area contributed by atoms with Gasteiger partial charge < -0.3 is 20.9 Å². The lowest BCUT2D eigenvalue weighted by Gasteiger charge is -2.34. The van der Waals surface area contributed by atoms with Gasteiger partial charge in [-0.3, -0.25) is 10.1 Å². The van der Waals surface area contributed by atoms with Crippen LogP contribution >= 0.6 is 11.6 Å². The van der Waals surface area contributed by atoms with Crippen LogP contribution in [0.3, 0.4) is 0 Å². The normalized spacial score (nSPS) is 19.1. The van der Waals surface area contributed by atoms with Gasteiger partial charge in [-0.05, 0) is 32.2 Å². The fraction of sp³-hybridized carbons (Fsp3) is 0.533. The Morgan fingerprint density at radius 1 is 1.36 bits per heavy atom. The molecule has 1 aliphatic heterocycles. The lowest BCUT2D eigenvalue weighted by molar-refractivity contribution is -0.119. The standard InChI is InChI=1S/C15H26ClN5O/c1-13(17)19-12-15(22)18-7-5-14(4-3-6-16)21-10-8-20(2)9-11-21/h3-7,13,19H,8-12,17H2,1-2H3,(H,18,22)/b6-3+,7-5+,14-4+. The fourth-order valence-electron chi connectivity index (χ4n) is 1.99. The van der Waals surface area contributed by atoms with E-state index in [0.717, 1.165) is 31.9 Å². The number of carbonyl (C=O) groups is 1. The van der Waals surface area contributed by atoms with E-state index in [2.05, 4.69) is 27.5 Å². The molecule has 0 aromatic carbocycles. The van der Waals surface area contributed by atoms with E-state index < -0.39 is 0 Å². The molecule has 1 saturated heterocycles. The predicted octanol–water partition coefficient (Wildman–Crippen LogP) is 0.394. The molecule has 1 aliphatic rings. The van der Waals surface area contributed by atoms with Crippen molar-refractivity contribution in [3.63, 3.8) is 0 Å². The number of nitrogens with two attached hydrogens (primary N) is 1. The van der Waals surface area contributed by atoms with Gasteiger partial charge in [-0.15, -0.1) is 0 Å². The van der Waals surface area contributed by atoms with Gasteiger partial charge in [-0.1, -0.05) is 11.6 Å². The second-order valence-electron chi connectivity index (χ2n) is 5.27. The van der Waals surface area contributed by atoms with Crippen molar-refractivity contribution < 1.29 is 4.79 Å². The van der Waals surface area contributed by atoms with Crippen molar-refractivity contribution in [1.29, 1.82) is 0 Å². The van der Waals surface area contributed by atoms with Gasteiger partial charge >= 0.3 is 0 Å². The van der Waals surface area contributed by atoms with Crippen LogP contribution in [0.1, 0.15) is 6.92 Å². The quantitative estimate of drug-likeness (QED) is 0.466. The molecule has 0 bridgehead atoms. The molecular formula is C15H26ClN5O. The van der Waals surface area contributed by atoms with E-state index in [1.165, 1.54) is 5.54 Å². The van der Waals surface area contributed by atoms with E-state index in [4.69, 9.17) is 17.3 Å². The van der Waals surface area contributed by atoms with E-state index in [1.807, 2.05) is 12.2 Å². The van der Waals surface area contributed by atoms with Crippen LogP contribution in [0.5, 0.6) is 0 Å². The van der Waals surface area contributed by atoms with Crippen molar-refractivity contribution in [3.05, 3.63) is 35.7 Å². The van der Waals surface area contributed by atoms with E-state index in [-0.39, 0.29) is 18.6 Å². The lowest BCUT2D eigenvalue weighted by atomic mass is 10.2. The van der Waals surface area contributed by atoms with Crippen molar-refractivity contribution in [2.24, 2.45) is 5.73 Å². The molecule has 1 rings (SSSR count). The average molecular weight is 328 g/mol. The predicted molar refractivity (Wildman–Crippen MR) is 91.1 cm³/mol. The van der Waals surface area contributed by atoms with Crippen molar-refractivity contribution in [1.82, 2.24) is 20.4 Å². The highest BCUT2D eigenvalue weighted by atomic mass is 35.5. The summed E-state index contributed by atoms with van der Waals surface area (Å²) in [7, 11) is 2.11. The van der Waals surface area contributed by atoms with Gasteiger partial charge in [0.2, 0.25) is 5.91 Å². The average Bonchev–Trinajstić information content (AvgIpc) is 2.49. The smallest absolute Gasteiger partial charge is 0.237 e. The summed E-state index contributed by atoms with van der Waals surface area (Å²) in [6, 6.07) is 0. The first-order valence-electron chi connectivity index (χ1n) is 7.38. The van der Waals surface area contributed by atoms with Crippen molar-refractivity contribution in [3.8, 4) is 0 Å². The number of halogens is 1. The molecule has 1 unspecified atom stereocenters. The molecule has 4 N–H and O–H groups in total. The van der Waals surface area contributed by atoms with Crippen LogP contribution in [0, 0.1) is 0 Å². The summed E-state index contributed by atoms with van der Waals surface area (Å²) in [5, 5.41) is 5.58. The van der Waals surface area contributed by atoms with Crippen molar-refractivity contribution in [2.45, 2.75) is 13.1 Å². The number of nitrogens with one attached hydrogen (secondary N) is 2. The SMILES string of the molecule is CC(N)NCC(=O)N/C=C/C(=C\C=C\Cl)N1CCN(C)CC1. The zero-order valence-electron chi connectivity index (χ0n) is 13.3. The van der Waals surface area contributed by atoms with Crippen LogP contribution in [-0.4, -0.2) is 61.6 Å². The number of hydrogen-bond acceptors (Lipinski definition) is 5. The highest BCUT2D eigenvalue weighted by Gasteiger charge is 2.14. The molecule has 1 fully saturated rings. The van der Waals surface area contributed by atoms with Gasteiger partial charge in [-0.25, -0.2) is 0 Å². The maximum atomic E-state index is 11.6. The Balaban J connectivity index is 2.54. The van der Waals surface area contributed by atoms with Gasteiger partial charge in [0.25, 0.3) is 0 Å². The minimum absolute atomic E-state index is 0.126. The molecule has 0 spiro atoms. The maximum Gasteiger partial charge on any atom is 0.237 e. The van der Waals surface area contributed by atoms with Crippen LogP contribution in [0.25, 0.3) is 0 Å². The minimum atomic E-state index is -0.204. The first kappa shape index (κ1) is 18.7. The summed E-state index contributed by atoms with van der Waals surface area (Å²) < 4.78 is 0. The molecule has 0 saturated carbocycles. The van der Waals surface area contributed by atoms with Gasteiger partial charge in [0.05, 0.1) is 12.7 Å². The zero-order valence-corrected chi connectivity index (χ0v) is 14.0. The number of nitrogens with zero attached hydrogens (tertiary/aromatic N) is 2. The Labute approximate surface area is 137 Å². The first-order valence-corrected chi connectivity index (χ1v) is 7.82. The molecule has 1 atom stereocenters. The van der Waals surface area contributed by atoms with Gasteiger partial charge in [0.1, 0.15) is 0 Å². The van der Waals surface area contributed by atoms with E-state index in [1.54, 1.807) is 19.2 Å². The van der Waals surface area contributed by atoms with Crippen LogP contribution < -0.4 is 16.4 Å². The number of hydrogen-bond donors (Lipinski definition) is 3. The van der Waals surface area contributed by atoms with Gasteiger partial charge in [0.15, 0.2) is 0 Å². The van der Waals surface area contributed by atoms with Gasteiger partial charge in [0, 0.05) is 43.6 Å². The largest absolute Gasteiger partial charge is 0.369 e. The van der Waals surface area contributed by atoms with Crippen molar-refractivity contribution in [2.75, 3.05) is 39.8 Å². The molecule has 1 heterocycles. The monoisotopic (exact) mass is 327 g/mol. The molecule has 0 aromatic heterocycles. The second kappa shape index (κ2) is 10.4. The zero-order chi connectivity index (χ0) is 16.4.